The molecule has 4 nitrogen and oxygen atoms in total. The number of aromatic nitrogens is 2. The molecule has 0 unspecified atom stereocenters. The van der Waals surface area contributed by atoms with E-state index in [1.807, 2.05) is 0 Å². The quantitative estimate of drug-likeness (QED) is 0.450. The summed E-state index contributed by atoms with van der Waals surface area (Å²) in [5, 5.41) is 5.28. The molecule has 0 aliphatic heterocycles. The predicted molar refractivity (Wildman–Crippen MR) is 108 cm³/mol. The Morgan fingerprint density at radius 1 is 1.14 bits per heavy atom. The zero-order chi connectivity index (χ0) is 20.3. The molecule has 0 saturated carbocycles. The van der Waals surface area contributed by atoms with Crippen molar-refractivity contribution in [3.63, 3.8) is 0 Å². The second kappa shape index (κ2) is 8.95. The SMILES string of the molecule is CCOC(=O)[C@H](Cc1ccc(F)cc1)c1ccnn1-c1c(Cl)cc(Cl)cc1Cl. The van der Waals surface area contributed by atoms with Crippen LogP contribution in [0.4, 0.5) is 4.39 Å². The van der Waals surface area contributed by atoms with Gasteiger partial charge in [0.05, 0.1) is 22.3 Å². The number of carbonyl (C=O) groups is 1. The molecule has 1 aromatic heterocycles. The maximum absolute atomic E-state index is 13.2. The van der Waals surface area contributed by atoms with E-state index in [0.29, 0.717) is 32.9 Å². The van der Waals surface area contributed by atoms with Gasteiger partial charge < -0.3 is 4.74 Å². The average molecular weight is 442 g/mol. The Morgan fingerprint density at radius 2 is 1.79 bits per heavy atom. The second-order valence-electron chi connectivity index (χ2n) is 6.02. The molecule has 1 heterocycles. The summed E-state index contributed by atoms with van der Waals surface area (Å²) in [6.45, 7) is 1.96. The lowest BCUT2D eigenvalue weighted by atomic mass is 9.96. The average Bonchev–Trinajstić information content (AvgIpc) is 3.09. The Bertz CT molecular complexity index is 966. The van der Waals surface area contributed by atoms with E-state index in [4.69, 9.17) is 39.5 Å². The number of carbonyl (C=O) groups excluding carboxylic acids is 1. The Morgan fingerprint density at radius 3 is 2.39 bits per heavy atom. The molecule has 0 saturated heterocycles. The van der Waals surface area contributed by atoms with E-state index in [0.717, 1.165) is 5.56 Å². The maximum Gasteiger partial charge on any atom is 0.315 e. The van der Waals surface area contributed by atoms with Crippen LogP contribution in [0.3, 0.4) is 0 Å². The van der Waals surface area contributed by atoms with Gasteiger partial charge in [-0.05, 0) is 49.2 Å². The molecule has 0 N–H and O–H groups in total. The number of hydrogen-bond acceptors (Lipinski definition) is 3. The number of esters is 1. The van der Waals surface area contributed by atoms with E-state index >= 15 is 0 Å². The monoisotopic (exact) mass is 440 g/mol. The summed E-state index contributed by atoms with van der Waals surface area (Å²) >= 11 is 18.7. The normalized spacial score (nSPS) is 12.0. The van der Waals surface area contributed by atoms with Crippen molar-refractivity contribution >= 4 is 40.8 Å². The third-order valence-corrected chi connectivity index (χ3v) is 4.94. The highest BCUT2D eigenvalue weighted by molar-refractivity contribution is 6.40. The summed E-state index contributed by atoms with van der Waals surface area (Å²) in [6.07, 6.45) is 1.85. The summed E-state index contributed by atoms with van der Waals surface area (Å²) < 4.78 is 20.0. The first-order chi connectivity index (χ1) is 13.4. The molecule has 0 aliphatic rings. The summed E-state index contributed by atoms with van der Waals surface area (Å²) in [7, 11) is 0. The highest BCUT2D eigenvalue weighted by Crippen LogP contribution is 2.34. The van der Waals surface area contributed by atoms with Crippen LogP contribution >= 0.6 is 34.8 Å². The lowest BCUT2D eigenvalue weighted by Crippen LogP contribution is -2.21. The van der Waals surface area contributed by atoms with Crippen LogP contribution in [0.5, 0.6) is 0 Å². The summed E-state index contributed by atoms with van der Waals surface area (Å²) in [4.78, 5) is 12.7. The Labute approximate surface area is 176 Å². The number of hydrogen-bond donors (Lipinski definition) is 0. The number of rotatable bonds is 6. The van der Waals surface area contributed by atoms with Gasteiger partial charge in [0.1, 0.15) is 17.4 Å². The topological polar surface area (TPSA) is 44.1 Å². The molecule has 2 aromatic carbocycles. The van der Waals surface area contributed by atoms with Crippen LogP contribution in [-0.4, -0.2) is 22.4 Å². The van der Waals surface area contributed by atoms with Crippen molar-refractivity contribution in [2.24, 2.45) is 0 Å². The minimum absolute atomic E-state index is 0.231. The molecule has 1 atom stereocenters. The van der Waals surface area contributed by atoms with Crippen molar-refractivity contribution < 1.29 is 13.9 Å². The first-order valence-electron chi connectivity index (χ1n) is 8.50. The van der Waals surface area contributed by atoms with Gasteiger partial charge in [-0.2, -0.15) is 5.10 Å². The first-order valence-corrected chi connectivity index (χ1v) is 9.64. The fraction of sp³-hybridized carbons (Fsp3) is 0.200. The van der Waals surface area contributed by atoms with Crippen LogP contribution in [0.25, 0.3) is 5.69 Å². The van der Waals surface area contributed by atoms with Crippen LogP contribution < -0.4 is 0 Å². The molecular weight excluding hydrogens is 426 g/mol. The maximum atomic E-state index is 13.2. The highest BCUT2D eigenvalue weighted by Gasteiger charge is 2.28. The van der Waals surface area contributed by atoms with Gasteiger partial charge in [0.25, 0.3) is 0 Å². The van der Waals surface area contributed by atoms with E-state index in [2.05, 4.69) is 5.10 Å². The highest BCUT2D eigenvalue weighted by atomic mass is 35.5. The molecule has 0 amide bonds. The molecular formula is C20H16Cl3FN2O2. The molecule has 0 aliphatic carbocycles. The van der Waals surface area contributed by atoms with Gasteiger partial charge in [-0.25, -0.2) is 9.07 Å². The van der Waals surface area contributed by atoms with Crippen molar-refractivity contribution in [3.8, 4) is 5.69 Å². The minimum Gasteiger partial charge on any atom is -0.465 e. The molecule has 0 bridgehead atoms. The zero-order valence-electron chi connectivity index (χ0n) is 14.8. The van der Waals surface area contributed by atoms with Crippen LogP contribution in [0.1, 0.15) is 24.1 Å². The summed E-state index contributed by atoms with van der Waals surface area (Å²) in [5.74, 6) is -1.45. The number of halogens is 4. The van der Waals surface area contributed by atoms with Gasteiger partial charge >= 0.3 is 5.97 Å². The lowest BCUT2D eigenvalue weighted by molar-refractivity contribution is -0.145. The smallest absolute Gasteiger partial charge is 0.315 e. The lowest BCUT2D eigenvalue weighted by Gasteiger charge is -2.19. The zero-order valence-corrected chi connectivity index (χ0v) is 17.1. The Balaban J connectivity index is 2.06. The van der Waals surface area contributed by atoms with Crippen LogP contribution in [-0.2, 0) is 16.0 Å². The Kier molecular flexibility index (Phi) is 6.60. The first kappa shape index (κ1) is 20.6. The second-order valence-corrected chi connectivity index (χ2v) is 7.27. The molecule has 3 aromatic rings. The van der Waals surface area contributed by atoms with Gasteiger partial charge in [-0.3, -0.25) is 4.79 Å². The number of ether oxygens (including phenoxy) is 1. The van der Waals surface area contributed by atoms with E-state index in [-0.39, 0.29) is 12.4 Å². The largest absolute Gasteiger partial charge is 0.465 e. The molecule has 0 spiro atoms. The molecule has 3 rings (SSSR count). The molecule has 28 heavy (non-hydrogen) atoms. The van der Waals surface area contributed by atoms with Gasteiger partial charge in [0.2, 0.25) is 0 Å². The van der Waals surface area contributed by atoms with Gasteiger partial charge in [0, 0.05) is 11.2 Å². The van der Waals surface area contributed by atoms with E-state index < -0.39 is 11.9 Å². The van der Waals surface area contributed by atoms with E-state index in [9.17, 15) is 9.18 Å². The third kappa shape index (κ3) is 4.49. The summed E-state index contributed by atoms with van der Waals surface area (Å²) in [6, 6.07) is 10.8. The van der Waals surface area contributed by atoms with Gasteiger partial charge in [0.15, 0.2) is 0 Å². The molecule has 146 valence electrons. The van der Waals surface area contributed by atoms with Crippen LogP contribution in [0.2, 0.25) is 15.1 Å². The fourth-order valence-corrected chi connectivity index (χ4v) is 3.89. The predicted octanol–water partition coefficient (Wildman–Crippen LogP) is 5.86. The van der Waals surface area contributed by atoms with E-state index in [1.165, 1.54) is 16.8 Å². The fourth-order valence-electron chi connectivity index (χ4n) is 2.91. The minimum atomic E-state index is -0.685. The summed E-state index contributed by atoms with van der Waals surface area (Å²) in [5.41, 5.74) is 1.75. The molecule has 8 heteroatoms. The van der Waals surface area contributed by atoms with Crippen LogP contribution in [0.15, 0.2) is 48.7 Å². The Hall–Kier alpha value is -2.08. The number of benzene rings is 2. The van der Waals surface area contributed by atoms with Crippen molar-refractivity contribution in [2.45, 2.75) is 19.3 Å². The molecule has 0 radical (unpaired) electrons. The third-order valence-electron chi connectivity index (χ3n) is 4.15. The van der Waals surface area contributed by atoms with Crippen molar-refractivity contribution in [1.29, 1.82) is 0 Å². The van der Waals surface area contributed by atoms with Crippen molar-refractivity contribution in [1.82, 2.24) is 9.78 Å². The van der Waals surface area contributed by atoms with E-state index in [1.54, 1.807) is 43.5 Å². The van der Waals surface area contributed by atoms with Crippen molar-refractivity contribution in [2.75, 3.05) is 6.61 Å². The molecule has 0 fully saturated rings. The van der Waals surface area contributed by atoms with Gasteiger partial charge in [-0.15, -0.1) is 0 Å². The number of nitrogens with zero attached hydrogens (tertiary/aromatic N) is 2. The van der Waals surface area contributed by atoms with Crippen molar-refractivity contribution in [3.05, 3.63) is 80.8 Å². The van der Waals surface area contributed by atoms with Gasteiger partial charge in [-0.1, -0.05) is 46.9 Å². The van der Waals surface area contributed by atoms with Crippen LogP contribution in [0, 0.1) is 5.82 Å². The standard InChI is InChI=1S/C20H16Cl3FN2O2/c1-2-28-20(27)15(9-12-3-5-14(24)6-4-12)18-7-8-25-26(18)19-16(22)10-13(21)11-17(19)23/h3-8,10-11,15H,2,9H2,1H3/t15-/m1/s1.